The third-order valence-corrected chi connectivity index (χ3v) is 4.56. The Hall–Kier alpha value is -2.09. The summed E-state index contributed by atoms with van der Waals surface area (Å²) in [5.41, 5.74) is 0.791. The fourth-order valence-electron chi connectivity index (χ4n) is 2.49. The minimum absolute atomic E-state index is 0.116. The van der Waals surface area contributed by atoms with Crippen molar-refractivity contribution >= 4 is 28.1 Å². The Bertz CT molecular complexity index is 687. The Morgan fingerprint density at radius 3 is 2.65 bits per heavy atom. The number of anilines is 2. The van der Waals surface area contributed by atoms with E-state index in [0.29, 0.717) is 24.3 Å². The predicted octanol–water partition coefficient (Wildman–Crippen LogP) is 3.77. The molecule has 1 aliphatic heterocycles. The van der Waals surface area contributed by atoms with Crippen LogP contribution in [0, 0.1) is 0 Å². The maximum absolute atomic E-state index is 12.6. The molecule has 1 aromatic carbocycles. The number of nitrogens with zero attached hydrogens (tertiary/aromatic N) is 2. The summed E-state index contributed by atoms with van der Waals surface area (Å²) in [4.78, 5) is 17.2. The van der Waals surface area contributed by atoms with E-state index in [0.717, 1.165) is 18.3 Å². The molecule has 1 amide bonds. The van der Waals surface area contributed by atoms with Gasteiger partial charge in [-0.05, 0) is 25.0 Å². The molecular weight excluding hydrogens is 327 g/mol. The van der Waals surface area contributed by atoms with E-state index in [9.17, 15) is 18.0 Å². The number of nitrogens with one attached hydrogen (secondary N) is 1. The second-order valence-electron chi connectivity index (χ2n) is 5.19. The Balaban J connectivity index is 1.73. The molecule has 2 aromatic rings. The van der Waals surface area contributed by atoms with Crippen LogP contribution in [0.1, 0.15) is 17.7 Å². The largest absolute Gasteiger partial charge is 0.427 e. The average Bonchev–Trinajstić information content (AvgIpc) is 2.99. The lowest BCUT2D eigenvalue weighted by atomic mass is 10.0. The van der Waals surface area contributed by atoms with E-state index in [1.165, 1.54) is 0 Å². The van der Waals surface area contributed by atoms with Gasteiger partial charge in [0.05, 0.1) is 6.20 Å². The number of carbonyl (C=O) groups excluding carboxylic acids is 1. The van der Waals surface area contributed by atoms with Gasteiger partial charge in [0.1, 0.15) is 10.9 Å². The van der Waals surface area contributed by atoms with E-state index >= 15 is 0 Å². The Labute approximate surface area is 135 Å². The number of para-hydroxylation sites is 1. The SMILES string of the molecule is O=C1C(Nc2ncc(C(F)(F)F)s2)CCCN1c1ccccc1. The molecule has 0 spiro atoms. The number of benzene rings is 1. The highest BCUT2D eigenvalue weighted by Crippen LogP contribution is 2.35. The highest BCUT2D eigenvalue weighted by Gasteiger charge is 2.35. The predicted molar refractivity (Wildman–Crippen MR) is 82.6 cm³/mol. The van der Waals surface area contributed by atoms with Crippen LogP contribution in [0.25, 0.3) is 0 Å². The van der Waals surface area contributed by atoms with Crippen LogP contribution >= 0.6 is 11.3 Å². The summed E-state index contributed by atoms with van der Waals surface area (Å²) in [7, 11) is 0. The molecule has 4 nitrogen and oxygen atoms in total. The maximum atomic E-state index is 12.6. The van der Waals surface area contributed by atoms with Gasteiger partial charge in [-0.3, -0.25) is 4.79 Å². The molecule has 0 saturated carbocycles. The standard InChI is InChI=1S/C15H14F3N3OS/c16-15(17,18)12-9-19-14(23-12)20-11-7-4-8-21(13(11)22)10-5-2-1-3-6-10/h1-3,5-6,9,11H,4,7-8H2,(H,19,20). The molecule has 8 heteroatoms. The van der Waals surface area contributed by atoms with Gasteiger partial charge in [-0.1, -0.05) is 29.5 Å². The normalized spacial score (nSPS) is 19.0. The smallest absolute Gasteiger partial charge is 0.350 e. The summed E-state index contributed by atoms with van der Waals surface area (Å²) in [6.45, 7) is 0.604. The number of hydrogen-bond acceptors (Lipinski definition) is 4. The lowest BCUT2D eigenvalue weighted by Crippen LogP contribution is -2.47. The van der Waals surface area contributed by atoms with Gasteiger partial charge >= 0.3 is 6.18 Å². The second kappa shape index (κ2) is 6.19. The fourth-order valence-corrected chi connectivity index (χ4v) is 3.23. The van der Waals surface area contributed by atoms with Crippen LogP contribution in [-0.4, -0.2) is 23.5 Å². The van der Waals surface area contributed by atoms with Crippen molar-refractivity contribution in [3.8, 4) is 0 Å². The van der Waals surface area contributed by atoms with E-state index in [4.69, 9.17) is 0 Å². The maximum Gasteiger partial charge on any atom is 0.427 e. The molecule has 1 aliphatic rings. The molecule has 122 valence electrons. The quantitative estimate of drug-likeness (QED) is 0.924. The monoisotopic (exact) mass is 341 g/mol. The first-order valence-electron chi connectivity index (χ1n) is 7.11. The number of aromatic nitrogens is 1. The number of amides is 1. The highest BCUT2D eigenvalue weighted by atomic mass is 32.1. The topological polar surface area (TPSA) is 45.2 Å². The fraction of sp³-hybridized carbons (Fsp3) is 0.333. The van der Waals surface area contributed by atoms with Crippen LogP contribution in [0.4, 0.5) is 24.0 Å². The summed E-state index contributed by atoms with van der Waals surface area (Å²) in [5, 5.41) is 2.96. The van der Waals surface area contributed by atoms with Crippen LogP contribution in [0.2, 0.25) is 0 Å². The average molecular weight is 341 g/mol. The lowest BCUT2D eigenvalue weighted by Gasteiger charge is -2.32. The second-order valence-corrected chi connectivity index (χ2v) is 6.22. The first-order chi connectivity index (χ1) is 10.9. The molecule has 1 saturated heterocycles. The molecule has 2 heterocycles. The van der Waals surface area contributed by atoms with Gasteiger partial charge in [0.2, 0.25) is 5.91 Å². The molecule has 0 aliphatic carbocycles. The Kier molecular flexibility index (Phi) is 4.25. The summed E-state index contributed by atoms with van der Waals surface area (Å²) < 4.78 is 37.8. The zero-order valence-electron chi connectivity index (χ0n) is 12.0. The Morgan fingerprint density at radius 2 is 2.00 bits per heavy atom. The third-order valence-electron chi connectivity index (χ3n) is 3.59. The summed E-state index contributed by atoms with van der Waals surface area (Å²) in [5.74, 6) is -0.147. The first kappa shape index (κ1) is 15.8. The van der Waals surface area contributed by atoms with Crippen molar-refractivity contribution in [1.82, 2.24) is 4.98 Å². The van der Waals surface area contributed by atoms with E-state index in [1.54, 1.807) is 4.90 Å². The summed E-state index contributed by atoms with van der Waals surface area (Å²) >= 11 is 0.515. The number of thiazole rings is 1. The van der Waals surface area contributed by atoms with Gasteiger partial charge < -0.3 is 10.2 Å². The van der Waals surface area contributed by atoms with Crippen molar-refractivity contribution in [3.05, 3.63) is 41.4 Å². The van der Waals surface area contributed by atoms with Gasteiger partial charge in [0, 0.05) is 12.2 Å². The number of rotatable bonds is 3. The first-order valence-corrected chi connectivity index (χ1v) is 7.93. The minimum atomic E-state index is -4.41. The minimum Gasteiger partial charge on any atom is -0.350 e. The third kappa shape index (κ3) is 3.47. The van der Waals surface area contributed by atoms with Gasteiger partial charge in [0.15, 0.2) is 5.13 Å². The van der Waals surface area contributed by atoms with Crippen LogP contribution < -0.4 is 10.2 Å². The molecule has 1 unspecified atom stereocenters. The molecule has 0 radical (unpaired) electrons. The van der Waals surface area contributed by atoms with Crippen LogP contribution in [0.5, 0.6) is 0 Å². The summed E-state index contributed by atoms with van der Waals surface area (Å²) in [6, 6.07) is 8.67. The van der Waals surface area contributed by atoms with Gasteiger partial charge in [-0.2, -0.15) is 13.2 Å². The molecule has 1 N–H and O–H groups in total. The number of alkyl halides is 3. The highest BCUT2D eigenvalue weighted by molar-refractivity contribution is 7.15. The van der Waals surface area contributed by atoms with Crippen molar-refractivity contribution in [1.29, 1.82) is 0 Å². The van der Waals surface area contributed by atoms with Crippen LogP contribution in [-0.2, 0) is 11.0 Å². The Morgan fingerprint density at radius 1 is 1.26 bits per heavy atom. The number of carbonyl (C=O) groups is 1. The molecular formula is C15H14F3N3OS. The van der Waals surface area contributed by atoms with Crippen molar-refractivity contribution in [2.75, 3.05) is 16.8 Å². The van der Waals surface area contributed by atoms with Crippen LogP contribution in [0.3, 0.4) is 0 Å². The molecule has 1 fully saturated rings. The molecule has 23 heavy (non-hydrogen) atoms. The molecule has 1 aromatic heterocycles. The zero-order chi connectivity index (χ0) is 16.4. The molecule has 1 atom stereocenters. The van der Waals surface area contributed by atoms with Crippen molar-refractivity contribution in [3.63, 3.8) is 0 Å². The lowest BCUT2D eigenvalue weighted by molar-refractivity contribution is -0.134. The molecule has 3 rings (SSSR count). The van der Waals surface area contributed by atoms with Crippen LogP contribution in [0.15, 0.2) is 36.5 Å². The zero-order valence-corrected chi connectivity index (χ0v) is 12.8. The van der Waals surface area contributed by atoms with E-state index in [2.05, 4.69) is 10.3 Å². The van der Waals surface area contributed by atoms with Crippen molar-refractivity contribution < 1.29 is 18.0 Å². The van der Waals surface area contributed by atoms with E-state index < -0.39 is 17.1 Å². The summed E-state index contributed by atoms with van der Waals surface area (Å²) in [6.07, 6.45) is -2.28. The van der Waals surface area contributed by atoms with Gasteiger partial charge in [-0.15, -0.1) is 0 Å². The van der Waals surface area contributed by atoms with E-state index in [-0.39, 0.29) is 11.0 Å². The molecule has 0 bridgehead atoms. The van der Waals surface area contributed by atoms with Gasteiger partial charge in [0.25, 0.3) is 0 Å². The number of halogens is 3. The van der Waals surface area contributed by atoms with Crippen molar-refractivity contribution in [2.45, 2.75) is 25.1 Å². The van der Waals surface area contributed by atoms with Crippen molar-refractivity contribution in [2.24, 2.45) is 0 Å². The number of hydrogen-bond donors (Lipinski definition) is 1. The van der Waals surface area contributed by atoms with Gasteiger partial charge in [-0.25, -0.2) is 4.98 Å². The number of piperidine rings is 1. The van der Waals surface area contributed by atoms with E-state index in [1.807, 2.05) is 30.3 Å².